The molecule has 3 nitrogen and oxygen atoms in total. The minimum Gasteiger partial charge on any atom is -0.348 e. The van der Waals surface area contributed by atoms with Gasteiger partial charge in [-0.25, -0.2) is 0 Å². The van der Waals surface area contributed by atoms with E-state index in [9.17, 15) is 10.1 Å². The summed E-state index contributed by atoms with van der Waals surface area (Å²) in [5.41, 5.74) is 1.07. The third-order valence-electron chi connectivity index (χ3n) is 4.92. The Bertz CT molecular complexity index is 811. The Morgan fingerprint density at radius 2 is 1.92 bits per heavy atom. The number of fused-ring (bicyclic) bond motifs is 1. The fourth-order valence-corrected chi connectivity index (χ4v) is 3.46. The van der Waals surface area contributed by atoms with E-state index >= 15 is 0 Å². The van der Waals surface area contributed by atoms with Crippen LogP contribution < -0.4 is 5.32 Å². The Balaban J connectivity index is 1.86. The van der Waals surface area contributed by atoms with E-state index in [-0.39, 0.29) is 17.5 Å². The first-order valence-electron chi connectivity index (χ1n) is 8.59. The third kappa shape index (κ3) is 3.49. The highest BCUT2D eigenvalue weighted by molar-refractivity contribution is 6.04. The molecular formula is C21H22N2O. The van der Waals surface area contributed by atoms with Crippen LogP contribution in [0.5, 0.6) is 0 Å². The van der Waals surface area contributed by atoms with Gasteiger partial charge in [-0.15, -0.1) is 0 Å². The summed E-state index contributed by atoms with van der Waals surface area (Å²) in [4.78, 5) is 12.5. The Hall–Kier alpha value is -2.60. The number of carbonyl (C=O) groups is 1. The topological polar surface area (TPSA) is 52.9 Å². The van der Waals surface area contributed by atoms with Crippen LogP contribution in [0.25, 0.3) is 16.8 Å². The molecule has 24 heavy (non-hydrogen) atoms. The number of benzene rings is 2. The molecule has 0 saturated heterocycles. The van der Waals surface area contributed by atoms with E-state index in [2.05, 4.69) is 18.3 Å². The van der Waals surface area contributed by atoms with E-state index in [1.807, 2.05) is 42.5 Å². The van der Waals surface area contributed by atoms with Crippen molar-refractivity contribution in [2.24, 2.45) is 5.92 Å². The fraction of sp³-hybridized carbons (Fsp3) is 0.333. The predicted octanol–water partition coefficient (Wildman–Crippen LogP) is 4.44. The van der Waals surface area contributed by atoms with Gasteiger partial charge in [0.2, 0.25) is 0 Å². The zero-order valence-electron chi connectivity index (χ0n) is 14.0. The number of amides is 1. The molecule has 1 fully saturated rings. The minimum absolute atomic E-state index is 0.170. The molecule has 1 saturated carbocycles. The van der Waals surface area contributed by atoms with Gasteiger partial charge in [0.25, 0.3) is 5.91 Å². The van der Waals surface area contributed by atoms with Crippen molar-refractivity contribution in [1.82, 2.24) is 5.32 Å². The molecule has 1 aliphatic carbocycles. The third-order valence-corrected chi connectivity index (χ3v) is 4.92. The molecule has 2 aromatic carbocycles. The molecule has 0 unspecified atom stereocenters. The number of rotatable bonds is 3. The van der Waals surface area contributed by atoms with Crippen molar-refractivity contribution in [1.29, 1.82) is 5.26 Å². The van der Waals surface area contributed by atoms with E-state index in [1.54, 1.807) is 6.08 Å². The molecule has 2 aromatic rings. The maximum Gasteiger partial charge on any atom is 0.262 e. The van der Waals surface area contributed by atoms with Crippen molar-refractivity contribution in [3.05, 3.63) is 53.6 Å². The van der Waals surface area contributed by atoms with E-state index < -0.39 is 0 Å². The van der Waals surface area contributed by atoms with Gasteiger partial charge in [0.15, 0.2) is 0 Å². The Morgan fingerprint density at radius 3 is 2.71 bits per heavy atom. The summed E-state index contributed by atoms with van der Waals surface area (Å²) in [6, 6.07) is 16.2. The maximum absolute atomic E-state index is 12.5. The average molecular weight is 318 g/mol. The maximum atomic E-state index is 12.5. The standard InChI is InChI=1S/C21H22N2O/c1-15-7-2-5-12-20(15)23-21(24)18(14-22)13-17-10-6-9-16-8-3-4-11-19(16)17/h3-4,6,8-11,13,15,20H,2,5,7,12H2,1H3,(H,23,24)/b18-13+/t15-,20-/m1/s1. The second-order valence-corrected chi connectivity index (χ2v) is 6.58. The van der Waals surface area contributed by atoms with Crippen LogP contribution in [0.1, 0.15) is 38.2 Å². The first-order valence-corrected chi connectivity index (χ1v) is 8.59. The lowest BCUT2D eigenvalue weighted by Gasteiger charge is -2.29. The average Bonchev–Trinajstić information content (AvgIpc) is 2.61. The summed E-state index contributed by atoms with van der Waals surface area (Å²) in [6.07, 6.45) is 6.21. The zero-order valence-corrected chi connectivity index (χ0v) is 14.0. The van der Waals surface area contributed by atoms with Crippen molar-refractivity contribution in [2.45, 2.75) is 38.6 Å². The van der Waals surface area contributed by atoms with Gasteiger partial charge in [-0.2, -0.15) is 5.26 Å². The van der Waals surface area contributed by atoms with Crippen molar-refractivity contribution in [3.63, 3.8) is 0 Å². The summed E-state index contributed by atoms with van der Waals surface area (Å²) >= 11 is 0. The van der Waals surface area contributed by atoms with Gasteiger partial charge in [0, 0.05) is 6.04 Å². The molecule has 122 valence electrons. The second kappa shape index (κ2) is 7.31. The highest BCUT2D eigenvalue weighted by Gasteiger charge is 2.24. The second-order valence-electron chi connectivity index (χ2n) is 6.58. The van der Waals surface area contributed by atoms with Gasteiger partial charge >= 0.3 is 0 Å². The number of hydrogen-bond donors (Lipinski definition) is 1. The molecule has 0 aliphatic heterocycles. The molecule has 0 spiro atoms. The SMILES string of the molecule is C[C@@H]1CCCC[C@H]1NC(=O)/C(C#N)=C/c1cccc2ccccc12. The van der Waals surface area contributed by atoms with Gasteiger partial charge in [-0.3, -0.25) is 4.79 Å². The highest BCUT2D eigenvalue weighted by atomic mass is 16.1. The molecular weight excluding hydrogens is 296 g/mol. The molecule has 1 aliphatic rings. The lowest BCUT2D eigenvalue weighted by atomic mass is 9.86. The molecule has 3 rings (SSSR count). The first kappa shape index (κ1) is 16.3. The number of carbonyl (C=O) groups excluding carboxylic acids is 1. The fourth-order valence-electron chi connectivity index (χ4n) is 3.46. The largest absolute Gasteiger partial charge is 0.348 e. The molecule has 0 bridgehead atoms. The summed E-state index contributed by atoms with van der Waals surface area (Å²) in [6.45, 7) is 2.17. The van der Waals surface area contributed by atoms with Crippen LogP contribution in [0.15, 0.2) is 48.0 Å². The Kier molecular flexibility index (Phi) is 4.96. The smallest absolute Gasteiger partial charge is 0.262 e. The van der Waals surface area contributed by atoms with Crippen LogP contribution in [0.3, 0.4) is 0 Å². The summed E-state index contributed by atoms with van der Waals surface area (Å²) in [7, 11) is 0. The molecule has 1 N–H and O–H groups in total. The predicted molar refractivity (Wildman–Crippen MR) is 97.1 cm³/mol. The normalized spacial score (nSPS) is 21.2. The lowest BCUT2D eigenvalue weighted by Crippen LogP contribution is -2.41. The quantitative estimate of drug-likeness (QED) is 0.672. The van der Waals surface area contributed by atoms with E-state index in [0.717, 1.165) is 35.6 Å². The molecule has 0 aromatic heterocycles. The van der Waals surface area contributed by atoms with Gasteiger partial charge < -0.3 is 5.32 Å². The summed E-state index contributed by atoms with van der Waals surface area (Å²) < 4.78 is 0. The van der Waals surface area contributed by atoms with Gasteiger partial charge in [0.1, 0.15) is 11.6 Å². The van der Waals surface area contributed by atoms with Crippen LogP contribution in [0, 0.1) is 17.2 Å². The van der Waals surface area contributed by atoms with Crippen molar-refractivity contribution < 1.29 is 4.79 Å². The number of nitriles is 1. The molecule has 1 amide bonds. The van der Waals surface area contributed by atoms with E-state index in [0.29, 0.717) is 5.92 Å². The van der Waals surface area contributed by atoms with Gasteiger partial charge in [0.05, 0.1) is 0 Å². The Morgan fingerprint density at radius 1 is 1.17 bits per heavy atom. The van der Waals surface area contributed by atoms with E-state index in [1.165, 1.54) is 6.42 Å². The Labute approximate surface area is 143 Å². The van der Waals surface area contributed by atoms with Gasteiger partial charge in [-0.1, -0.05) is 62.2 Å². The molecule has 0 radical (unpaired) electrons. The summed E-state index contributed by atoms with van der Waals surface area (Å²) in [5, 5.41) is 14.7. The van der Waals surface area contributed by atoms with Crippen molar-refractivity contribution in [2.75, 3.05) is 0 Å². The molecule has 2 atom stereocenters. The number of hydrogen-bond acceptors (Lipinski definition) is 2. The monoisotopic (exact) mass is 318 g/mol. The van der Waals surface area contributed by atoms with Crippen molar-refractivity contribution in [3.8, 4) is 6.07 Å². The van der Waals surface area contributed by atoms with Crippen molar-refractivity contribution >= 4 is 22.8 Å². The lowest BCUT2D eigenvalue weighted by molar-refractivity contribution is -0.118. The van der Waals surface area contributed by atoms with E-state index in [4.69, 9.17) is 0 Å². The molecule has 3 heteroatoms. The number of nitrogens with zero attached hydrogens (tertiary/aromatic N) is 1. The number of nitrogens with one attached hydrogen (secondary N) is 1. The van der Waals surface area contributed by atoms with Crippen LogP contribution in [-0.4, -0.2) is 11.9 Å². The summed E-state index contributed by atoms with van der Waals surface area (Å²) in [5.74, 6) is 0.212. The highest BCUT2D eigenvalue weighted by Crippen LogP contribution is 2.24. The van der Waals surface area contributed by atoms with Crippen LogP contribution in [0.2, 0.25) is 0 Å². The van der Waals surface area contributed by atoms with Gasteiger partial charge in [-0.05, 0) is 41.2 Å². The van der Waals surface area contributed by atoms with Crippen LogP contribution in [0.4, 0.5) is 0 Å². The van der Waals surface area contributed by atoms with Crippen LogP contribution >= 0.6 is 0 Å². The van der Waals surface area contributed by atoms with Crippen LogP contribution in [-0.2, 0) is 4.79 Å². The molecule has 0 heterocycles. The minimum atomic E-state index is -0.260. The first-order chi connectivity index (χ1) is 11.7. The zero-order chi connectivity index (χ0) is 16.9.